The van der Waals surface area contributed by atoms with Gasteiger partial charge in [0.15, 0.2) is 0 Å². The average molecular weight is 272 g/mol. The second-order valence-corrected chi connectivity index (χ2v) is 5.33. The molecule has 1 aliphatic carbocycles. The lowest BCUT2D eigenvalue weighted by molar-refractivity contribution is -0.137. The van der Waals surface area contributed by atoms with E-state index in [2.05, 4.69) is 0 Å². The van der Waals surface area contributed by atoms with Crippen LogP contribution in [0.25, 0.3) is 0 Å². The zero-order chi connectivity index (χ0) is 13.9. The van der Waals surface area contributed by atoms with Crippen LogP contribution in [0.2, 0.25) is 0 Å². The Morgan fingerprint density at radius 3 is 2.16 bits per heavy atom. The van der Waals surface area contributed by atoms with Gasteiger partial charge < -0.3 is 5.11 Å². The summed E-state index contributed by atoms with van der Waals surface area (Å²) in [6, 6.07) is 5.48. The van der Waals surface area contributed by atoms with Crippen molar-refractivity contribution in [3.05, 3.63) is 35.4 Å². The first-order chi connectivity index (χ1) is 8.97. The highest BCUT2D eigenvalue weighted by Gasteiger charge is 2.30. The van der Waals surface area contributed by atoms with E-state index in [4.69, 9.17) is 0 Å². The van der Waals surface area contributed by atoms with E-state index >= 15 is 0 Å². The summed E-state index contributed by atoms with van der Waals surface area (Å²) in [7, 11) is 0. The van der Waals surface area contributed by atoms with Gasteiger partial charge in [0.2, 0.25) is 0 Å². The third-order valence-electron chi connectivity index (χ3n) is 3.90. The molecule has 4 heteroatoms. The molecule has 0 aromatic heterocycles. The highest BCUT2D eigenvalue weighted by atomic mass is 19.4. The molecule has 1 N–H and O–H groups in total. The van der Waals surface area contributed by atoms with Crippen molar-refractivity contribution >= 4 is 0 Å². The topological polar surface area (TPSA) is 20.2 Å². The van der Waals surface area contributed by atoms with Gasteiger partial charge in [0.1, 0.15) is 0 Å². The molecule has 106 valence electrons. The molecule has 0 bridgehead atoms. The molecule has 2 rings (SSSR count). The lowest BCUT2D eigenvalue weighted by Crippen LogP contribution is -2.13. The van der Waals surface area contributed by atoms with E-state index in [9.17, 15) is 18.3 Å². The molecule has 0 aliphatic heterocycles. The number of halogens is 3. The highest BCUT2D eigenvalue weighted by molar-refractivity contribution is 5.27. The molecule has 0 radical (unpaired) electrons. The van der Waals surface area contributed by atoms with E-state index in [0.29, 0.717) is 0 Å². The molecule has 19 heavy (non-hydrogen) atoms. The molecule has 1 fully saturated rings. The van der Waals surface area contributed by atoms with Crippen molar-refractivity contribution in [3.8, 4) is 0 Å². The smallest absolute Gasteiger partial charge is 0.393 e. The lowest BCUT2D eigenvalue weighted by atomic mass is 9.85. The van der Waals surface area contributed by atoms with Crippen LogP contribution in [0, 0.1) is 0 Å². The van der Waals surface area contributed by atoms with Gasteiger partial charge in [-0.25, -0.2) is 0 Å². The number of aliphatic hydroxyl groups excluding tert-OH is 1. The van der Waals surface area contributed by atoms with Crippen molar-refractivity contribution in [2.75, 3.05) is 0 Å². The zero-order valence-corrected chi connectivity index (χ0v) is 10.8. The van der Waals surface area contributed by atoms with Gasteiger partial charge in [-0.15, -0.1) is 0 Å². The first kappa shape index (κ1) is 14.4. The van der Waals surface area contributed by atoms with Gasteiger partial charge in [-0.2, -0.15) is 13.2 Å². The Balaban J connectivity index is 2.08. The van der Waals surface area contributed by atoms with Crippen molar-refractivity contribution < 1.29 is 18.3 Å². The maximum atomic E-state index is 12.5. The van der Waals surface area contributed by atoms with E-state index in [0.717, 1.165) is 56.2 Å². The Labute approximate surface area is 111 Å². The number of aliphatic hydroxyl groups is 1. The average Bonchev–Trinajstić information content (AvgIpc) is 2.34. The van der Waals surface area contributed by atoms with Gasteiger partial charge in [-0.1, -0.05) is 25.0 Å². The summed E-state index contributed by atoms with van der Waals surface area (Å²) < 4.78 is 37.5. The van der Waals surface area contributed by atoms with Crippen LogP contribution in [0.4, 0.5) is 13.2 Å². The van der Waals surface area contributed by atoms with Gasteiger partial charge in [0.25, 0.3) is 0 Å². The predicted molar refractivity (Wildman–Crippen MR) is 67.9 cm³/mol. The highest BCUT2D eigenvalue weighted by Crippen LogP contribution is 2.34. The van der Waals surface area contributed by atoms with Crippen molar-refractivity contribution in [3.63, 3.8) is 0 Å². The summed E-state index contributed by atoms with van der Waals surface area (Å²) in [5.74, 6) is 0.275. The molecular weight excluding hydrogens is 253 g/mol. The van der Waals surface area contributed by atoms with Crippen LogP contribution >= 0.6 is 0 Å². The maximum absolute atomic E-state index is 12.5. The molecule has 1 aliphatic rings. The van der Waals surface area contributed by atoms with Gasteiger partial charge in [0, 0.05) is 0 Å². The fraction of sp³-hybridized carbons (Fsp3) is 0.600. The van der Waals surface area contributed by atoms with Crippen LogP contribution in [-0.4, -0.2) is 11.2 Å². The van der Waals surface area contributed by atoms with Gasteiger partial charge in [0.05, 0.1) is 11.7 Å². The van der Waals surface area contributed by atoms with Crippen LogP contribution in [-0.2, 0) is 6.18 Å². The Bertz CT molecular complexity index is 397. The Kier molecular flexibility index (Phi) is 4.50. The molecule has 0 amide bonds. The van der Waals surface area contributed by atoms with E-state index in [1.165, 1.54) is 0 Å². The van der Waals surface area contributed by atoms with Crippen molar-refractivity contribution in [2.45, 2.75) is 56.7 Å². The molecule has 0 spiro atoms. The Morgan fingerprint density at radius 1 is 0.895 bits per heavy atom. The standard InChI is InChI=1S/C15H19F3O/c16-15(17,18)13-8-5-12(6-9-13)11-3-1-2-4-14(19)10-7-11/h5-6,8-9,11,14,19H,1-4,7,10H2. The van der Waals surface area contributed by atoms with E-state index in [1.54, 1.807) is 12.1 Å². The summed E-state index contributed by atoms with van der Waals surface area (Å²) >= 11 is 0. The summed E-state index contributed by atoms with van der Waals surface area (Å²) in [5.41, 5.74) is 0.365. The minimum atomic E-state index is -4.27. The van der Waals surface area contributed by atoms with Crippen molar-refractivity contribution in [1.29, 1.82) is 0 Å². The third kappa shape index (κ3) is 3.96. The molecule has 0 heterocycles. The normalized spacial score (nSPS) is 25.7. The fourth-order valence-corrected chi connectivity index (χ4v) is 2.73. The van der Waals surface area contributed by atoms with Crippen LogP contribution in [0.1, 0.15) is 55.6 Å². The Hall–Kier alpha value is -1.03. The largest absolute Gasteiger partial charge is 0.416 e. The summed E-state index contributed by atoms with van der Waals surface area (Å²) in [6.07, 6.45) is 0.949. The minimum absolute atomic E-state index is 0.253. The van der Waals surface area contributed by atoms with E-state index in [1.807, 2.05) is 0 Å². The molecule has 1 aromatic rings. The second kappa shape index (κ2) is 5.95. The monoisotopic (exact) mass is 272 g/mol. The first-order valence-corrected chi connectivity index (χ1v) is 6.82. The van der Waals surface area contributed by atoms with Crippen molar-refractivity contribution in [1.82, 2.24) is 0 Å². The number of hydrogen-bond acceptors (Lipinski definition) is 1. The summed E-state index contributed by atoms with van der Waals surface area (Å²) in [5, 5.41) is 9.68. The molecule has 1 nitrogen and oxygen atoms in total. The van der Waals surface area contributed by atoms with Crippen molar-refractivity contribution in [2.24, 2.45) is 0 Å². The van der Waals surface area contributed by atoms with Gasteiger partial charge >= 0.3 is 6.18 Å². The Morgan fingerprint density at radius 2 is 1.53 bits per heavy atom. The van der Waals surface area contributed by atoms with E-state index in [-0.39, 0.29) is 12.0 Å². The molecule has 2 unspecified atom stereocenters. The number of benzene rings is 1. The molecule has 2 atom stereocenters. The molecule has 1 saturated carbocycles. The molecule has 0 saturated heterocycles. The first-order valence-electron chi connectivity index (χ1n) is 6.82. The van der Waals surface area contributed by atoms with Gasteiger partial charge in [-0.05, 0) is 49.3 Å². The quantitative estimate of drug-likeness (QED) is 0.797. The lowest BCUT2D eigenvalue weighted by Gasteiger charge is -2.23. The number of rotatable bonds is 1. The number of hydrogen-bond donors (Lipinski definition) is 1. The third-order valence-corrected chi connectivity index (χ3v) is 3.90. The van der Waals surface area contributed by atoms with Crippen LogP contribution in [0.15, 0.2) is 24.3 Å². The molecule has 1 aromatic carbocycles. The minimum Gasteiger partial charge on any atom is -0.393 e. The van der Waals surface area contributed by atoms with Gasteiger partial charge in [-0.3, -0.25) is 0 Å². The SMILES string of the molecule is OC1CCCCC(c2ccc(C(F)(F)F)cc2)CC1. The molecular formula is C15H19F3O. The van der Waals surface area contributed by atoms with Crippen LogP contribution < -0.4 is 0 Å². The maximum Gasteiger partial charge on any atom is 0.416 e. The fourth-order valence-electron chi connectivity index (χ4n) is 2.73. The summed E-state index contributed by atoms with van der Waals surface area (Å²) in [4.78, 5) is 0. The zero-order valence-electron chi connectivity index (χ0n) is 10.8. The van der Waals surface area contributed by atoms with Crippen LogP contribution in [0.3, 0.4) is 0 Å². The van der Waals surface area contributed by atoms with Crippen LogP contribution in [0.5, 0.6) is 0 Å². The summed E-state index contributed by atoms with van der Waals surface area (Å²) in [6.45, 7) is 0. The number of alkyl halides is 3. The second-order valence-electron chi connectivity index (χ2n) is 5.33. The van der Waals surface area contributed by atoms with E-state index < -0.39 is 11.7 Å². The predicted octanol–water partition coefficient (Wildman–Crippen LogP) is 4.50.